The van der Waals surface area contributed by atoms with Crippen LogP contribution in [0.4, 0.5) is 11.4 Å². The molecule has 1 aliphatic rings. The van der Waals surface area contributed by atoms with Crippen LogP contribution in [-0.4, -0.2) is 28.8 Å². The second-order valence-electron chi connectivity index (χ2n) is 6.09. The Bertz CT molecular complexity index is 777. The van der Waals surface area contributed by atoms with Crippen molar-refractivity contribution < 1.29 is 4.79 Å². The van der Waals surface area contributed by atoms with Crippen molar-refractivity contribution in [3.05, 3.63) is 52.4 Å². The van der Waals surface area contributed by atoms with E-state index in [-0.39, 0.29) is 17.2 Å². The van der Waals surface area contributed by atoms with Gasteiger partial charge in [0.05, 0.1) is 0 Å². The first-order valence-corrected chi connectivity index (χ1v) is 8.34. The number of hydrogen-bond donors (Lipinski definition) is 1. The molecule has 1 saturated heterocycles. The first-order valence-electron chi connectivity index (χ1n) is 8.34. The van der Waals surface area contributed by atoms with Gasteiger partial charge in [-0.15, -0.1) is 0 Å². The molecule has 1 aromatic carbocycles. The number of anilines is 2. The van der Waals surface area contributed by atoms with E-state index in [9.17, 15) is 9.59 Å². The molecule has 0 aliphatic carbocycles. The predicted molar refractivity (Wildman–Crippen MR) is 94.6 cm³/mol. The summed E-state index contributed by atoms with van der Waals surface area (Å²) in [5.41, 5.74) is 1.84. The molecule has 0 radical (unpaired) electrons. The zero-order valence-corrected chi connectivity index (χ0v) is 13.9. The zero-order valence-electron chi connectivity index (χ0n) is 13.9. The fourth-order valence-electron chi connectivity index (χ4n) is 2.93. The van der Waals surface area contributed by atoms with Crippen molar-refractivity contribution in [1.82, 2.24) is 9.78 Å². The molecule has 126 valence electrons. The van der Waals surface area contributed by atoms with Crippen LogP contribution in [0.1, 0.15) is 36.2 Å². The SMILES string of the molecule is Cn1nc(C(=O)Nc2cccc(N3CCCCCC3)c2)ccc1=O. The molecule has 1 fully saturated rings. The Kier molecular flexibility index (Phi) is 4.93. The molecule has 1 N–H and O–H groups in total. The molecule has 0 saturated carbocycles. The second-order valence-corrected chi connectivity index (χ2v) is 6.09. The number of carbonyl (C=O) groups is 1. The van der Waals surface area contributed by atoms with E-state index in [2.05, 4.69) is 21.4 Å². The lowest BCUT2D eigenvalue weighted by molar-refractivity contribution is 0.102. The summed E-state index contributed by atoms with van der Waals surface area (Å²) in [6.07, 6.45) is 4.98. The molecule has 2 heterocycles. The van der Waals surface area contributed by atoms with Crippen LogP contribution in [0, 0.1) is 0 Å². The lowest BCUT2D eigenvalue weighted by Gasteiger charge is -2.23. The average Bonchev–Trinajstić information content (AvgIpc) is 2.87. The van der Waals surface area contributed by atoms with Crippen molar-refractivity contribution in [2.45, 2.75) is 25.7 Å². The van der Waals surface area contributed by atoms with Gasteiger partial charge < -0.3 is 10.2 Å². The van der Waals surface area contributed by atoms with Crippen molar-refractivity contribution in [1.29, 1.82) is 0 Å². The average molecular weight is 326 g/mol. The van der Waals surface area contributed by atoms with E-state index in [1.54, 1.807) is 0 Å². The van der Waals surface area contributed by atoms with Crippen LogP contribution in [0.15, 0.2) is 41.2 Å². The Morgan fingerprint density at radius 3 is 2.54 bits per heavy atom. The molecule has 3 rings (SSSR count). The number of nitrogens with one attached hydrogen (secondary N) is 1. The van der Waals surface area contributed by atoms with Gasteiger partial charge in [-0.25, -0.2) is 4.68 Å². The van der Waals surface area contributed by atoms with E-state index in [0.29, 0.717) is 0 Å². The second kappa shape index (κ2) is 7.29. The van der Waals surface area contributed by atoms with Crippen LogP contribution < -0.4 is 15.8 Å². The summed E-state index contributed by atoms with van der Waals surface area (Å²) in [7, 11) is 1.53. The van der Waals surface area contributed by atoms with Gasteiger partial charge in [0.25, 0.3) is 11.5 Å². The van der Waals surface area contributed by atoms with E-state index < -0.39 is 0 Å². The molecule has 6 nitrogen and oxygen atoms in total. The van der Waals surface area contributed by atoms with Crippen LogP contribution in [0.3, 0.4) is 0 Å². The molecule has 1 aliphatic heterocycles. The van der Waals surface area contributed by atoms with Crippen molar-refractivity contribution in [2.75, 3.05) is 23.3 Å². The summed E-state index contributed by atoms with van der Waals surface area (Å²) in [5.74, 6) is -0.321. The highest BCUT2D eigenvalue weighted by Gasteiger charge is 2.12. The molecular formula is C18H22N4O2. The van der Waals surface area contributed by atoms with E-state index in [0.717, 1.165) is 29.1 Å². The Morgan fingerprint density at radius 2 is 1.83 bits per heavy atom. The summed E-state index contributed by atoms with van der Waals surface area (Å²) >= 11 is 0. The molecule has 0 spiro atoms. The summed E-state index contributed by atoms with van der Waals surface area (Å²) in [6, 6.07) is 10.7. The number of amides is 1. The lowest BCUT2D eigenvalue weighted by atomic mass is 10.2. The third-order valence-corrected chi connectivity index (χ3v) is 4.27. The molecule has 1 aromatic heterocycles. The number of hydrogen-bond acceptors (Lipinski definition) is 4. The first kappa shape index (κ1) is 16.2. The van der Waals surface area contributed by atoms with E-state index >= 15 is 0 Å². The Balaban J connectivity index is 1.75. The van der Waals surface area contributed by atoms with Gasteiger partial charge in [-0.2, -0.15) is 5.10 Å². The zero-order chi connectivity index (χ0) is 16.9. The fourth-order valence-corrected chi connectivity index (χ4v) is 2.93. The van der Waals surface area contributed by atoms with E-state index in [1.165, 1.54) is 44.9 Å². The Morgan fingerprint density at radius 1 is 1.08 bits per heavy atom. The number of rotatable bonds is 3. The van der Waals surface area contributed by atoms with E-state index in [4.69, 9.17) is 0 Å². The largest absolute Gasteiger partial charge is 0.371 e. The van der Waals surface area contributed by atoms with Gasteiger partial charge in [0.2, 0.25) is 0 Å². The van der Waals surface area contributed by atoms with Crippen LogP contribution in [0.25, 0.3) is 0 Å². The van der Waals surface area contributed by atoms with Gasteiger partial charge in [-0.3, -0.25) is 9.59 Å². The minimum absolute atomic E-state index is 0.220. The maximum atomic E-state index is 12.3. The Hall–Kier alpha value is -2.63. The maximum absolute atomic E-state index is 12.3. The normalized spacial score (nSPS) is 15.0. The minimum Gasteiger partial charge on any atom is -0.371 e. The van der Waals surface area contributed by atoms with Gasteiger partial charge >= 0.3 is 0 Å². The van der Waals surface area contributed by atoms with Gasteiger partial charge in [-0.1, -0.05) is 18.9 Å². The third-order valence-electron chi connectivity index (χ3n) is 4.27. The number of aromatic nitrogens is 2. The number of nitrogens with zero attached hydrogens (tertiary/aromatic N) is 3. The predicted octanol–water partition coefficient (Wildman–Crippen LogP) is 2.41. The summed E-state index contributed by atoms with van der Waals surface area (Å²) in [6.45, 7) is 2.11. The molecule has 0 atom stereocenters. The standard InChI is InChI=1S/C18H22N4O2/c1-21-17(23)10-9-16(20-21)18(24)19-14-7-6-8-15(13-14)22-11-4-2-3-5-12-22/h6-10,13H,2-5,11-12H2,1H3,(H,19,24). The minimum atomic E-state index is -0.321. The highest BCUT2D eigenvalue weighted by Crippen LogP contribution is 2.23. The van der Waals surface area contributed by atoms with Crippen LogP contribution in [0.5, 0.6) is 0 Å². The molecule has 2 aromatic rings. The molecule has 6 heteroatoms. The van der Waals surface area contributed by atoms with Crippen LogP contribution >= 0.6 is 0 Å². The molecular weight excluding hydrogens is 304 g/mol. The molecule has 24 heavy (non-hydrogen) atoms. The van der Waals surface area contributed by atoms with Crippen molar-refractivity contribution in [3.8, 4) is 0 Å². The third kappa shape index (κ3) is 3.82. The van der Waals surface area contributed by atoms with Crippen LogP contribution in [0.2, 0.25) is 0 Å². The van der Waals surface area contributed by atoms with Crippen molar-refractivity contribution in [2.24, 2.45) is 7.05 Å². The molecule has 0 bridgehead atoms. The summed E-state index contributed by atoms with van der Waals surface area (Å²) in [5, 5.41) is 6.83. The summed E-state index contributed by atoms with van der Waals surface area (Å²) in [4.78, 5) is 26.0. The topological polar surface area (TPSA) is 67.2 Å². The highest BCUT2D eigenvalue weighted by molar-refractivity contribution is 6.02. The molecule has 1 amide bonds. The van der Waals surface area contributed by atoms with Gasteiger partial charge in [-0.05, 0) is 37.1 Å². The van der Waals surface area contributed by atoms with Crippen molar-refractivity contribution >= 4 is 17.3 Å². The van der Waals surface area contributed by atoms with E-state index in [1.807, 2.05) is 18.2 Å². The van der Waals surface area contributed by atoms with Gasteiger partial charge in [0.1, 0.15) is 5.69 Å². The Labute approximate surface area is 141 Å². The number of carbonyl (C=O) groups excluding carboxylic acids is 1. The molecule has 0 unspecified atom stereocenters. The monoisotopic (exact) mass is 326 g/mol. The lowest BCUT2D eigenvalue weighted by Crippen LogP contribution is -2.25. The maximum Gasteiger partial charge on any atom is 0.276 e. The van der Waals surface area contributed by atoms with Crippen LogP contribution in [-0.2, 0) is 7.05 Å². The number of benzene rings is 1. The van der Waals surface area contributed by atoms with Gasteiger partial charge in [0.15, 0.2) is 0 Å². The number of aryl methyl sites for hydroxylation is 1. The quantitative estimate of drug-likeness (QED) is 0.940. The fraction of sp³-hybridized carbons (Fsp3) is 0.389. The van der Waals surface area contributed by atoms with Crippen molar-refractivity contribution in [3.63, 3.8) is 0 Å². The van der Waals surface area contributed by atoms with Gasteiger partial charge in [0, 0.05) is 37.6 Å². The highest BCUT2D eigenvalue weighted by atomic mass is 16.2. The first-order chi connectivity index (χ1) is 11.6. The smallest absolute Gasteiger partial charge is 0.276 e. The summed E-state index contributed by atoms with van der Waals surface area (Å²) < 4.78 is 1.16.